The largest absolute Gasteiger partial charge is 0.482 e. The summed E-state index contributed by atoms with van der Waals surface area (Å²) in [7, 11) is 0. The molecule has 108 valence electrons. The standard InChI is InChI=1S/C14H17NO5/c1-2-5-19-14(18)7-15-11-4-3-10(8-16)6-12(11)20-9-13(15)17/h3-4,6,16H,2,5,7-9H2,1H3. The van der Waals surface area contributed by atoms with Crippen molar-refractivity contribution in [3.8, 4) is 5.75 Å². The molecular weight excluding hydrogens is 262 g/mol. The average molecular weight is 279 g/mol. The van der Waals surface area contributed by atoms with Gasteiger partial charge in [0.05, 0.1) is 18.9 Å². The summed E-state index contributed by atoms with van der Waals surface area (Å²) in [5.41, 5.74) is 1.21. The summed E-state index contributed by atoms with van der Waals surface area (Å²) < 4.78 is 10.3. The van der Waals surface area contributed by atoms with Crippen LogP contribution in [-0.4, -0.2) is 36.7 Å². The molecule has 0 unspecified atom stereocenters. The average Bonchev–Trinajstić information content (AvgIpc) is 2.47. The van der Waals surface area contributed by atoms with Crippen LogP contribution in [0.25, 0.3) is 0 Å². The van der Waals surface area contributed by atoms with Gasteiger partial charge >= 0.3 is 5.97 Å². The van der Waals surface area contributed by atoms with Gasteiger partial charge in [0.2, 0.25) is 0 Å². The molecular formula is C14H17NO5. The summed E-state index contributed by atoms with van der Waals surface area (Å²) in [6.07, 6.45) is 0.735. The number of hydrogen-bond acceptors (Lipinski definition) is 5. The molecule has 0 atom stereocenters. The van der Waals surface area contributed by atoms with E-state index < -0.39 is 5.97 Å². The molecule has 0 saturated carbocycles. The van der Waals surface area contributed by atoms with E-state index in [0.29, 0.717) is 23.6 Å². The number of benzene rings is 1. The van der Waals surface area contributed by atoms with E-state index in [1.165, 1.54) is 4.90 Å². The van der Waals surface area contributed by atoms with E-state index in [2.05, 4.69) is 0 Å². The zero-order valence-electron chi connectivity index (χ0n) is 11.3. The number of fused-ring (bicyclic) bond motifs is 1. The van der Waals surface area contributed by atoms with Crippen molar-refractivity contribution in [2.45, 2.75) is 20.0 Å². The number of esters is 1. The molecule has 1 aromatic rings. The van der Waals surface area contributed by atoms with Gasteiger partial charge in [-0.1, -0.05) is 13.0 Å². The predicted molar refractivity (Wildman–Crippen MR) is 71.5 cm³/mol. The number of amides is 1. The van der Waals surface area contributed by atoms with Gasteiger partial charge in [0.25, 0.3) is 5.91 Å². The fraction of sp³-hybridized carbons (Fsp3) is 0.429. The monoisotopic (exact) mass is 279 g/mol. The Morgan fingerprint density at radius 1 is 1.50 bits per heavy atom. The highest BCUT2D eigenvalue weighted by Gasteiger charge is 2.27. The van der Waals surface area contributed by atoms with Crippen LogP contribution in [0.4, 0.5) is 5.69 Å². The number of anilines is 1. The number of carbonyl (C=O) groups excluding carboxylic acids is 2. The highest BCUT2D eigenvalue weighted by atomic mass is 16.5. The summed E-state index contributed by atoms with van der Waals surface area (Å²) in [6.45, 7) is 1.88. The van der Waals surface area contributed by atoms with E-state index in [-0.39, 0.29) is 25.7 Å². The van der Waals surface area contributed by atoms with Crippen LogP contribution >= 0.6 is 0 Å². The van der Waals surface area contributed by atoms with Crippen molar-refractivity contribution < 1.29 is 24.2 Å². The number of rotatable bonds is 5. The number of aliphatic hydroxyl groups is 1. The molecule has 6 nitrogen and oxygen atoms in total. The van der Waals surface area contributed by atoms with Crippen LogP contribution in [0.5, 0.6) is 5.75 Å². The molecule has 1 N–H and O–H groups in total. The fourth-order valence-corrected chi connectivity index (χ4v) is 1.91. The Kier molecular flexibility index (Phi) is 4.57. The van der Waals surface area contributed by atoms with Gasteiger partial charge in [0.1, 0.15) is 12.3 Å². The van der Waals surface area contributed by atoms with E-state index in [9.17, 15) is 9.59 Å². The zero-order chi connectivity index (χ0) is 14.5. The topological polar surface area (TPSA) is 76.1 Å². The van der Waals surface area contributed by atoms with E-state index in [1.54, 1.807) is 18.2 Å². The molecule has 20 heavy (non-hydrogen) atoms. The smallest absolute Gasteiger partial charge is 0.326 e. The second kappa shape index (κ2) is 6.38. The van der Waals surface area contributed by atoms with Crippen LogP contribution in [0.15, 0.2) is 18.2 Å². The van der Waals surface area contributed by atoms with Crippen molar-refractivity contribution in [1.29, 1.82) is 0 Å². The van der Waals surface area contributed by atoms with Gasteiger partial charge in [0.15, 0.2) is 6.61 Å². The lowest BCUT2D eigenvalue weighted by Crippen LogP contribution is -2.42. The first kappa shape index (κ1) is 14.3. The first-order valence-corrected chi connectivity index (χ1v) is 6.48. The normalized spacial score (nSPS) is 13.7. The van der Waals surface area contributed by atoms with Crippen LogP contribution in [0, 0.1) is 0 Å². The molecule has 2 rings (SSSR count). The minimum atomic E-state index is -0.445. The van der Waals surface area contributed by atoms with Crippen molar-refractivity contribution in [2.75, 3.05) is 24.7 Å². The highest BCUT2D eigenvalue weighted by molar-refractivity contribution is 6.01. The lowest BCUT2D eigenvalue weighted by molar-refractivity contribution is -0.143. The molecule has 1 heterocycles. The van der Waals surface area contributed by atoms with E-state index in [1.807, 2.05) is 6.92 Å². The first-order chi connectivity index (χ1) is 9.65. The molecule has 1 aliphatic rings. The molecule has 0 fully saturated rings. The molecule has 0 radical (unpaired) electrons. The minimum Gasteiger partial charge on any atom is -0.482 e. The van der Waals surface area contributed by atoms with Crippen molar-refractivity contribution in [2.24, 2.45) is 0 Å². The third kappa shape index (κ3) is 3.08. The Balaban J connectivity index is 2.17. The quantitative estimate of drug-likeness (QED) is 0.809. The lowest BCUT2D eigenvalue weighted by atomic mass is 10.1. The van der Waals surface area contributed by atoms with E-state index >= 15 is 0 Å². The maximum atomic E-state index is 11.9. The maximum Gasteiger partial charge on any atom is 0.326 e. The second-order valence-corrected chi connectivity index (χ2v) is 4.45. The number of carbonyl (C=O) groups is 2. The van der Waals surface area contributed by atoms with Crippen molar-refractivity contribution >= 4 is 17.6 Å². The Bertz CT molecular complexity index is 514. The van der Waals surface area contributed by atoms with Crippen LogP contribution < -0.4 is 9.64 Å². The lowest BCUT2D eigenvalue weighted by Gasteiger charge is -2.28. The van der Waals surface area contributed by atoms with E-state index in [4.69, 9.17) is 14.6 Å². The summed E-state index contributed by atoms with van der Waals surface area (Å²) >= 11 is 0. The van der Waals surface area contributed by atoms with E-state index in [0.717, 1.165) is 6.42 Å². The van der Waals surface area contributed by atoms with Crippen molar-refractivity contribution in [3.63, 3.8) is 0 Å². The summed E-state index contributed by atoms with van der Waals surface area (Å²) in [4.78, 5) is 24.9. The van der Waals surface area contributed by atoms with Crippen LogP contribution in [0.1, 0.15) is 18.9 Å². The molecule has 1 aromatic carbocycles. The van der Waals surface area contributed by atoms with Gasteiger partial charge in [-0.25, -0.2) is 0 Å². The third-order valence-corrected chi connectivity index (χ3v) is 2.90. The SMILES string of the molecule is CCCOC(=O)CN1C(=O)COc2cc(CO)ccc21. The number of nitrogens with zero attached hydrogens (tertiary/aromatic N) is 1. The summed E-state index contributed by atoms with van der Waals surface area (Å²) in [6, 6.07) is 5.00. The summed E-state index contributed by atoms with van der Waals surface area (Å²) in [5.74, 6) is -0.249. The molecule has 6 heteroatoms. The maximum absolute atomic E-state index is 11.9. The number of hydrogen-bond donors (Lipinski definition) is 1. The van der Waals surface area contributed by atoms with Gasteiger partial charge < -0.3 is 14.6 Å². The van der Waals surface area contributed by atoms with Crippen LogP contribution in [0.3, 0.4) is 0 Å². The molecule has 0 saturated heterocycles. The first-order valence-electron chi connectivity index (χ1n) is 6.48. The Morgan fingerprint density at radius 2 is 2.30 bits per heavy atom. The van der Waals surface area contributed by atoms with Crippen molar-refractivity contribution in [1.82, 2.24) is 0 Å². The fourth-order valence-electron chi connectivity index (χ4n) is 1.91. The van der Waals surface area contributed by atoms with Gasteiger partial charge in [-0.15, -0.1) is 0 Å². The number of ether oxygens (including phenoxy) is 2. The molecule has 0 aliphatic carbocycles. The zero-order valence-corrected chi connectivity index (χ0v) is 11.3. The molecule has 0 bridgehead atoms. The van der Waals surface area contributed by atoms with Crippen molar-refractivity contribution in [3.05, 3.63) is 23.8 Å². The van der Waals surface area contributed by atoms with Gasteiger partial charge in [-0.3, -0.25) is 14.5 Å². The Hall–Kier alpha value is -2.08. The Morgan fingerprint density at radius 3 is 3.00 bits per heavy atom. The molecule has 0 aromatic heterocycles. The molecule has 1 aliphatic heterocycles. The van der Waals surface area contributed by atoms with Crippen LogP contribution in [0.2, 0.25) is 0 Å². The molecule has 1 amide bonds. The minimum absolute atomic E-state index is 0.108. The highest BCUT2D eigenvalue weighted by Crippen LogP contribution is 2.32. The van der Waals surface area contributed by atoms with Crippen LogP contribution in [-0.2, 0) is 20.9 Å². The molecule has 0 spiro atoms. The van der Waals surface area contributed by atoms with Gasteiger partial charge in [0, 0.05) is 0 Å². The van der Waals surface area contributed by atoms with Gasteiger partial charge in [-0.05, 0) is 24.1 Å². The summed E-state index contributed by atoms with van der Waals surface area (Å²) in [5, 5.41) is 9.09. The second-order valence-electron chi connectivity index (χ2n) is 4.45. The van der Waals surface area contributed by atoms with Gasteiger partial charge in [-0.2, -0.15) is 0 Å². The number of aliphatic hydroxyl groups excluding tert-OH is 1. The third-order valence-electron chi connectivity index (χ3n) is 2.90. The predicted octanol–water partition coefficient (Wildman–Crippen LogP) is 0.857. The Labute approximate surface area is 116 Å².